The summed E-state index contributed by atoms with van der Waals surface area (Å²) in [6, 6.07) is 16.9. The van der Waals surface area contributed by atoms with Gasteiger partial charge in [0.2, 0.25) is 0 Å². The second kappa shape index (κ2) is 11.8. The van der Waals surface area contributed by atoms with E-state index in [9.17, 15) is 0 Å². The standard InChI is InChI=1S/2C10H14O.4CH3.O.2Sn/c2*1-2-3-6-9-7-4-5-8-10(9)11;;;;;;;/h2*4-5,7-8,11H,2-3,6H2,1H3;4*1H3;;;/q;;;;;;;2*+1/p-2. The molecule has 0 unspecified atom stereocenters. The molecule has 0 aliphatic rings. The van der Waals surface area contributed by atoms with E-state index >= 15 is 0 Å². The van der Waals surface area contributed by atoms with Crippen LogP contribution in [0.25, 0.3) is 0 Å². The van der Waals surface area contributed by atoms with Gasteiger partial charge < -0.3 is 0 Å². The number of hydrogen-bond donors (Lipinski definition) is 0. The molecule has 0 aromatic heterocycles. The minimum absolute atomic E-state index is 1.01. The SMILES string of the molecule is CCCCc1ccccc1[O][Sn]([CH3])([CH3])[O][Sn]([CH3])([CH3])[O]c1ccccc1CCCC. The molecule has 0 aliphatic heterocycles. The van der Waals surface area contributed by atoms with Crippen LogP contribution in [0.15, 0.2) is 48.5 Å². The first kappa shape index (κ1) is 24.9. The molecule has 0 spiro atoms. The molecule has 0 atom stereocenters. The molecule has 0 radical (unpaired) electrons. The summed E-state index contributed by atoms with van der Waals surface area (Å²) in [7, 11) is 0. The Bertz CT molecular complexity index is 696. The van der Waals surface area contributed by atoms with Crippen LogP contribution in [0.5, 0.6) is 11.5 Å². The molecule has 0 N–H and O–H groups in total. The molecular formula is C24H38O3Sn2. The molecule has 0 heterocycles. The fourth-order valence-electron chi connectivity index (χ4n) is 3.52. The molecule has 2 aromatic carbocycles. The van der Waals surface area contributed by atoms with E-state index in [0.717, 1.165) is 24.3 Å². The fourth-order valence-corrected chi connectivity index (χ4v) is 35.6. The zero-order valence-electron chi connectivity index (χ0n) is 19.1. The second-order valence-corrected chi connectivity index (χ2v) is 30.2. The number of para-hydroxylation sites is 2. The van der Waals surface area contributed by atoms with Crippen molar-refractivity contribution in [2.75, 3.05) is 0 Å². The first-order valence-corrected chi connectivity index (χ1v) is 27.1. The Morgan fingerprint density at radius 1 is 0.621 bits per heavy atom. The Kier molecular flexibility index (Phi) is 10.2. The van der Waals surface area contributed by atoms with Gasteiger partial charge >= 0.3 is 189 Å². The first-order valence-electron chi connectivity index (χ1n) is 11.0. The van der Waals surface area contributed by atoms with Crippen LogP contribution in [0, 0.1) is 0 Å². The summed E-state index contributed by atoms with van der Waals surface area (Å²) in [5.41, 5.74) is 2.59. The van der Waals surface area contributed by atoms with Gasteiger partial charge in [0.1, 0.15) is 0 Å². The molecule has 0 bridgehead atoms. The number of aryl methyl sites for hydroxylation is 2. The summed E-state index contributed by atoms with van der Waals surface area (Å²) in [4.78, 5) is 8.82. The molecule has 0 amide bonds. The van der Waals surface area contributed by atoms with E-state index in [4.69, 9.17) is 7.56 Å². The van der Waals surface area contributed by atoms with Gasteiger partial charge in [-0.2, -0.15) is 0 Å². The molecule has 5 heteroatoms. The first-order chi connectivity index (χ1) is 13.8. The van der Waals surface area contributed by atoms with Crippen molar-refractivity contribution in [1.82, 2.24) is 0 Å². The Morgan fingerprint density at radius 2 is 1.00 bits per heavy atom. The summed E-state index contributed by atoms with van der Waals surface area (Å²) in [5.74, 6) is 2.01. The molecule has 2 rings (SSSR count). The van der Waals surface area contributed by atoms with Gasteiger partial charge in [0, 0.05) is 0 Å². The van der Waals surface area contributed by atoms with Crippen molar-refractivity contribution in [3.05, 3.63) is 59.7 Å². The number of rotatable bonds is 12. The summed E-state index contributed by atoms with van der Waals surface area (Å²) in [6.07, 6.45) is 6.85. The van der Waals surface area contributed by atoms with Crippen LogP contribution < -0.4 is 6.15 Å². The van der Waals surface area contributed by atoms with Crippen molar-refractivity contribution in [2.24, 2.45) is 0 Å². The third kappa shape index (κ3) is 8.70. The molecule has 0 aliphatic carbocycles. The molecule has 0 fully saturated rings. The quantitative estimate of drug-likeness (QED) is 0.237. The van der Waals surface area contributed by atoms with Gasteiger partial charge in [-0.15, -0.1) is 0 Å². The van der Waals surface area contributed by atoms with Crippen molar-refractivity contribution in [3.8, 4) is 11.5 Å². The van der Waals surface area contributed by atoms with Crippen LogP contribution >= 0.6 is 0 Å². The van der Waals surface area contributed by atoms with Gasteiger partial charge in [0.05, 0.1) is 0 Å². The van der Waals surface area contributed by atoms with E-state index < -0.39 is 38.4 Å². The van der Waals surface area contributed by atoms with Crippen LogP contribution in [0.2, 0.25) is 19.8 Å². The van der Waals surface area contributed by atoms with E-state index in [2.05, 4.69) is 82.1 Å². The van der Waals surface area contributed by atoms with Gasteiger partial charge in [-0.05, 0) is 0 Å². The summed E-state index contributed by atoms with van der Waals surface area (Å²) in [6.45, 7) is 4.45. The van der Waals surface area contributed by atoms with Crippen LogP contribution in [0.1, 0.15) is 50.7 Å². The minimum atomic E-state index is -3.22. The fraction of sp³-hybridized carbons (Fsp3) is 0.500. The number of hydrogen-bond acceptors (Lipinski definition) is 3. The predicted molar refractivity (Wildman–Crippen MR) is 127 cm³/mol. The maximum atomic E-state index is 6.73. The number of unbranched alkanes of at least 4 members (excludes halogenated alkanes) is 2. The van der Waals surface area contributed by atoms with E-state index in [0.29, 0.717) is 0 Å². The Hall–Kier alpha value is -0.403. The third-order valence-electron chi connectivity index (χ3n) is 4.75. The van der Waals surface area contributed by atoms with Crippen LogP contribution in [0.3, 0.4) is 0 Å². The van der Waals surface area contributed by atoms with Crippen molar-refractivity contribution in [3.63, 3.8) is 0 Å². The Morgan fingerprint density at radius 3 is 1.38 bits per heavy atom. The number of benzene rings is 2. The molecule has 0 saturated carbocycles. The zero-order valence-corrected chi connectivity index (χ0v) is 24.8. The summed E-state index contributed by atoms with van der Waals surface area (Å²) < 4.78 is 19.8. The van der Waals surface area contributed by atoms with E-state index in [1.54, 1.807) is 0 Å². The summed E-state index contributed by atoms with van der Waals surface area (Å²) in [5, 5.41) is 0. The van der Waals surface area contributed by atoms with Gasteiger partial charge in [-0.25, -0.2) is 0 Å². The van der Waals surface area contributed by atoms with Crippen LogP contribution in [0.4, 0.5) is 0 Å². The molecule has 0 saturated heterocycles. The molecule has 2 aromatic rings. The van der Waals surface area contributed by atoms with Gasteiger partial charge in [0.15, 0.2) is 0 Å². The topological polar surface area (TPSA) is 27.7 Å². The monoisotopic (exact) mass is 614 g/mol. The van der Waals surface area contributed by atoms with Gasteiger partial charge in [0.25, 0.3) is 0 Å². The zero-order chi connectivity index (χ0) is 21.3. The molecular weight excluding hydrogens is 574 g/mol. The molecule has 160 valence electrons. The van der Waals surface area contributed by atoms with Crippen molar-refractivity contribution in [1.29, 1.82) is 0 Å². The van der Waals surface area contributed by atoms with E-state index in [-0.39, 0.29) is 0 Å². The van der Waals surface area contributed by atoms with E-state index in [1.807, 2.05) is 0 Å². The van der Waals surface area contributed by atoms with Gasteiger partial charge in [-0.1, -0.05) is 0 Å². The Balaban J connectivity index is 2.09. The average Bonchev–Trinajstić information content (AvgIpc) is 2.65. The van der Waals surface area contributed by atoms with E-state index in [1.165, 1.54) is 36.8 Å². The molecule has 29 heavy (non-hydrogen) atoms. The predicted octanol–water partition coefficient (Wildman–Crippen LogP) is 7.25. The second-order valence-electron chi connectivity index (χ2n) is 8.53. The van der Waals surface area contributed by atoms with Crippen LogP contribution in [-0.2, 0) is 14.3 Å². The van der Waals surface area contributed by atoms with Crippen molar-refractivity contribution < 1.29 is 7.56 Å². The van der Waals surface area contributed by atoms with Crippen molar-refractivity contribution in [2.45, 2.75) is 72.1 Å². The van der Waals surface area contributed by atoms with Gasteiger partial charge in [-0.3, -0.25) is 0 Å². The third-order valence-corrected chi connectivity index (χ3v) is 30.4. The van der Waals surface area contributed by atoms with Crippen LogP contribution in [-0.4, -0.2) is 38.4 Å². The Labute approximate surface area is 188 Å². The molecule has 3 nitrogen and oxygen atoms in total. The summed E-state index contributed by atoms with van der Waals surface area (Å²) >= 11 is -6.44. The normalized spacial score (nSPS) is 12.1. The maximum absolute atomic E-state index is 6.73. The van der Waals surface area contributed by atoms with Crippen molar-refractivity contribution >= 4 is 38.4 Å². The average molecular weight is 612 g/mol.